The highest BCUT2D eigenvalue weighted by Gasteiger charge is 2.28. The first-order valence-electron chi connectivity index (χ1n) is 9.82. The van der Waals surface area contributed by atoms with Crippen molar-refractivity contribution in [2.24, 2.45) is 0 Å². The molecule has 150 valence electrons. The largest absolute Gasteiger partial charge is 0.497 e. The molecule has 1 saturated heterocycles. The van der Waals surface area contributed by atoms with Gasteiger partial charge in [0, 0.05) is 30.0 Å². The van der Waals surface area contributed by atoms with Gasteiger partial charge >= 0.3 is 0 Å². The number of likely N-dealkylation sites (tertiary alicyclic amines) is 1. The Labute approximate surface area is 174 Å². The van der Waals surface area contributed by atoms with Gasteiger partial charge in [-0.15, -0.1) is 11.3 Å². The fourth-order valence-corrected chi connectivity index (χ4v) is 4.36. The van der Waals surface area contributed by atoms with Crippen molar-refractivity contribution in [3.05, 3.63) is 65.4 Å². The highest BCUT2D eigenvalue weighted by atomic mass is 32.1. The van der Waals surface area contributed by atoms with E-state index < -0.39 is 0 Å². The van der Waals surface area contributed by atoms with Crippen molar-refractivity contribution in [1.82, 2.24) is 14.9 Å². The van der Waals surface area contributed by atoms with Crippen molar-refractivity contribution >= 4 is 28.1 Å². The predicted molar refractivity (Wildman–Crippen MR) is 115 cm³/mol. The lowest BCUT2D eigenvalue weighted by atomic mass is 10.0. The van der Waals surface area contributed by atoms with Crippen LogP contribution in [0, 0.1) is 0 Å². The number of ether oxygens (including phenoxy) is 1. The number of thiazole rings is 1. The SMILES string of the molecule is COc1ccc(Nc2nc(C(=O)N3CCCCC[C@H]3c3ccncc3)cs2)cc1. The summed E-state index contributed by atoms with van der Waals surface area (Å²) in [7, 11) is 1.64. The third-order valence-corrected chi connectivity index (χ3v) is 5.93. The topological polar surface area (TPSA) is 67.3 Å². The van der Waals surface area contributed by atoms with E-state index in [-0.39, 0.29) is 11.9 Å². The molecule has 3 aromatic rings. The molecule has 3 heterocycles. The summed E-state index contributed by atoms with van der Waals surface area (Å²) in [4.78, 5) is 23.9. The molecule has 0 aliphatic carbocycles. The minimum Gasteiger partial charge on any atom is -0.497 e. The number of pyridine rings is 1. The van der Waals surface area contributed by atoms with E-state index in [9.17, 15) is 4.79 Å². The van der Waals surface area contributed by atoms with Crippen molar-refractivity contribution in [2.75, 3.05) is 19.0 Å². The molecule has 0 radical (unpaired) electrons. The number of carbonyl (C=O) groups excluding carboxylic acids is 1. The zero-order chi connectivity index (χ0) is 20.1. The first-order valence-corrected chi connectivity index (χ1v) is 10.7. The zero-order valence-corrected chi connectivity index (χ0v) is 17.2. The Kier molecular flexibility index (Phi) is 6.05. The molecule has 1 N–H and O–H groups in total. The highest BCUT2D eigenvalue weighted by molar-refractivity contribution is 7.14. The molecule has 1 amide bonds. The molecule has 1 fully saturated rings. The summed E-state index contributed by atoms with van der Waals surface area (Å²) in [6.07, 6.45) is 7.85. The van der Waals surface area contributed by atoms with Crippen LogP contribution >= 0.6 is 11.3 Å². The Morgan fingerprint density at radius 1 is 1.14 bits per heavy atom. The Hall–Kier alpha value is -2.93. The van der Waals surface area contributed by atoms with Gasteiger partial charge in [-0.2, -0.15) is 0 Å². The second-order valence-corrected chi connectivity index (χ2v) is 7.89. The van der Waals surface area contributed by atoms with Gasteiger partial charge in [-0.1, -0.05) is 12.8 Å². The molecule has 1 atom stereocenters. The third-order valence-electron chi connectivity index (χ3n) is 5.17. The smallest absolute Gasteiger partial charge is 0.273 e. The second kappa shape index (κ2) is 9.05. The average molecular weight is 409 g/mol. The van der Waals surface area contributed by atoms with Gasteiger partial charge in [0.05, 0.1) is 13.2 Å². The summed E-state index contributed by atoms with van der Waals surface area (Å²) in [5.41, 5.74) is 2.54. The summed E-state index contributed by atoms with van der Waals surface area (Å²) in [6, 6.07) is 11.7. The molecule has 4 rings (SSSR count). The molecule has 29 heavy (non-hydrogen) atoms. The van der Waals surface area contributed by atoms with E-state index in [1.807, 2.05) is 46.7 Å². The Morgan fingerprint density at radius 3 is 2.69 bits per heavy atom. The van der Waals surface area contributed by atoms with Crippen LogP contribution in [0.2, 0.25) is 0 Å². The highest BCUT2D eigenvalue weighted by Crippen LogP contribution is 2.32. The molecule has 6 nitrogen and oxygen atoms in total. The van der Waals surface area contributed by atoms with Crippen LogP contribution in [0.15, 0.2) is 54.2 Å². The van der Waals surface area contributed by atoms with E-state index in [0.717, 1.165) is 49.2 Å². The van der Waals surface area contributed by atoms with Crippen molar-refractivity contribution in [3.8, 4) is 5.75 Å². The number of amides is 1. The molecule has 0 unspecified atom stereocenters. The number of aromatic nitrogens is 2. The first-order chi connectivity index (χ1) is 14.2. The van der Waals surface area contributed by atoms with E-state index in [1.165, 1.54) is 11.3 Å². The summed E-state index contributed by atoms with van der Waals surface area (Å²) >= 11 is 1.44. The summed E-state index contributed by atoms with van der Waals surface area (Å²) in [5.74, 6) is 0.793. The molecule has 0 bridgehead atoms. The van der Waals surface area contributed by atoms with Gasteiger partial charge in [-0.05, 0) is 54.8 Å². The van der Waals surface area contributed by atoms with Crippen LogP contribution in [-0.4, -0.2) is 34.4 Å². The molecular formula is C22H24N4O2S. The van der Waals surface area contributed by atoms with Crippen LogP contribution in [-0.2, 0) is 0 Å². The molecular weight excluding hydrogens is 384 g/mol. The van der Waals surface area contributed by atoms with E-state index in [2.05, 4.69) is 15.3 Å². The number of nitrogens with zero attached hydrogens (tertiary/aromatic N) is 3. The maximum Gasteiger partial charge on any atom is 0.273 e. The van der Waals surface area contributed by atoms with Crippen molar-refractivity contribution in [1.29, 1.82) is 0 Å². The van der Waals surface area contributed by atoms with Gasteiger partial charge in [-0.3, -0.25) is 9.78 Å². The van der Waals surface area contributed by atoms with Crippen LogP contribution in [0.4, 0.5) is 10.8 Å². The summed E-state index contributed by atoms with van der Waals surface area (Å²) in [6.45, 7) is 0.755. The monoisotopic (exact) mass is 408 g/mol. The predicted octanol–water partition coefficient (Wildman–Crippen LogP) is 5.05. The van der Waals surface area contributed by atoms with Gasteiger partial charge in [0.1, 0.15) is 11.4 Å². The Balaban J connectivity index is 1.51. The lowest BCUT2D eigenvalue weighted by Crippen LogP contribution is -2.35. The molecule has 7 heteroatoms. The molecule has 0 saturated carbocycles. The fraction of sp³-hybridized carbons (Fsp3) is 0.318. The van der Waals surface area contributed by atoms with Crippen LogP contribution in [0.25, 0.3) is 0 Å². The van der Waals surface area contributed by atoms with Gasteiger partial charge in [0.25, 0.3) is 5.91 Å². The summed E-state index contributed by atoms with van der Waals surface area (Å²) in [5, 5.41) is 5.80. The molecule has 1 aliphatic heterocycles. The van der Waals surface area contributed by atoms with Crippen LogP contribution < -0.4 is 10.1 Å². The van der Waals surface area contributed by atoms with Gasteiger partial charge < -0.3 is 15.0 Å². The average Bonchev–Trinajstić information content (AvgIpc) is 3.09. The van der Waals surface area contributed by atoms with Crippen molar-refractivity contribution in [2.45, 2.75) is 31.7 Å². The number of methoxy groups -OCH3 is 1. The van der Waals surface area contributed by atoms with Crippen molar-refractivity contribution in [3.63, 3.8) is 0 Å². The number of rotatable bonds is 5. The standard InChI is InChI=1S/C22H24N4O2S/c1-28-18-8-6-17(7-9-18)24-22-25-19(15-29-22)21(27)26-14-4-2-3-5-20(26)16-10-12-23-13-11-16/h6-13,15,20H,2-5,14H2,1H3,(H,24,25)/t20-/m0/s1. The van der Waals surface area contributed by atoms with E-state index in [4.69, 9.17) is 4.74 Å². The van der Waals surface area contributed by atoms with Crippen LogP contribution in [0.1, 0.15) is 47.8 Å². The molecule has 0 spiro atoms. The van der Waals surface area contributed by atoms with Crippen molar-refractivity contribution < 1.29 is 9.53 Å². The van der Waals surface area contributed by atoms with Gasteiger partial charge in [-0.25, -0.2) is 4.98 Å². The molecule has 1 aromatic carbocycles. The molecule has 2 aromatic heterocycles. The summed E-state index contributed by atoms with van der Waals surface area (Å²) < 4.78 is 5.18. The fourth-order valence-electron chi connectivity index (χ4n) is 3.66. The normalized spacial score (nSPS) is 16.9. The number of hydrogen-bond acceptors (Lipinski definition) is 6. The minimum atomic E-state index is -0.00672. The lowest BCUT2D eigenvalue weighted by molar-refractivity contribution is 0.0675. The third kappa shape index (κ3) is 4.56. The maximum atomic E-state index is 13.3. The van der Waals surface area contributed by atoms with E-state index in [0.29, 0.717) is 10.8 Å². The maximum absolute atomic E-state index is 13.3. The number of anilines is 2. The van der Waals surface area contributed by atoms with Crippen LogP contribution in [0.3, 0.4) is 0 Å². The minimum absolute atomic E-state index is 0.00672. The lowest BCUT2D eigenvalue weighted by Gasteiger charge is -2.29. The second-order valence-electron chi connectivity index (χ2n) is 7.04. The Morgan fingerprint density at radius 2 is 1.93 bits per heavy atom. The quantitative estimate of drug-likeness (QED) is 0.640. The van der Waals surface area contributed by atoms with Crippen LogP contribution in [0.5, 0.6) is 5.75 Å². The van der Waals surface area contributed by atoms with Gasteiger partial charge in [0.15, 0.2) is 5.13 Å². The zero-order valence-electron chi connectivity index (χ0n) is 16.4. The number of benzene rings is 1. The first kappa shape index (κ1) is 19.4. The number of hydrogen-bond donors (Lipinski definition) is 1. The van der Waals surface area contributed by atoms with E-state index in [1.54, 1.807) is 19.5 Å². The molecule has 1 aliphatic rings. The van der Waals surface area contributed by atoms with Gasteiger partial charge in [0.2, 0.25) is 0 Å². The number of carbonyl (C=O) groups is 1. The Bertz CT molecular complexity index is 943. The number of nitrogens with one attached hydrogen (secondary N) is 1. The van der Waals surface area contributed by atoms with E-state index >= 15 is 0 Å².